The van der Waals surface area contributed by atoms with Gasteiger partial charge in [-0.15, -0.1) is 0 Å². The van der Waals surface area contributed by atoms with Crippen LogP contribution in [0.5, 0.6) is 0 Å². The number of nitrogens with zero attached hydrogens (tertiary/aromatic N) is 2. The summed E-state index contributed by atoms with van der Waals surface area (Å²) in [6, 6.07) is 9.03. The van der Waals surface area contributed by atoms with Crippen molar-refractivity contribution in [2.75, 3.05) is 12.0 Å². The summed E-state index contributed by atoms with van der Waals surface area (Å²) < 4.78 is 0. The Bertz CT molecular complexity index is 763. The van der Waals surface area contributed by atoms with Gasteiger partial charge in [0, 0.05) is 11.1 Å². The Morgan fingerprint density at radius 1 is 1.30 bits per heavy atom. The van der Waals surface area contributed by atoms with Gasteiger partial charge in [0.2, 0.25) is 0 Å². The summed E-state index contributed by atoms with van der Waals surface area (Å²) in [6.45, 7) is 2.20. The molecule has 1 aliphatic heterocycles. The molecule has 3 amide bonds. The zero-order chi connectivity index (χ0) is 16.4. The van der Waals surface area contributed by atoms with Crippen LogP contribution in [0.2, 0.25) is 0 Å². The van der Waals surface area contributed by atoms with Gasteiger partial charge < -0.3 is 5.32 Å². The molecule has 1 N–H and O–H groups in total. The van der Waals surface area contributed by atoms with Crippen molar-refractivity contribution in [3.63, 3.8) is 0 Å². The third-order valence-electron chi connectivity index (χ3n) is 3.98. The summed E-state index contributed by atoms with van der Waals surface area (Å²) in [5, 5.41) is 3.76. The van der Waals surface area contributed by atoms with Gasteiger partial charge in [0.05, 0.1) is 12.1 Å². The summed E-state index contributed by atoms with van der Waals surface area (Å²) in [4.78, 5) is 30.4. The molecule has 2 aromatic rings. The van der Waals surface area contributed by atoms with Gasteiger partial charge in [-0.3, -0.25) is 14.7 Å². The van der Waals surface area contributed by atoms with Crippen LogP contribution < -0.4 is 5.32 Å². The third-order valence-corrected chi connectivity index (χ3v) is 4.62. The average Bonchev–Trinajstić information content (AvgIpc) is 2.80. The standard InChI is InChI=1S/C17H19N3O2S/c1-11-9-12(13-5-3-4-6-14(13)18-11)10-20-16(21)15(7-8-23-2)19-17(20)22/h3-6,9,15H,7-8,10H2,1-2H3,(H,19,22)/t15-/m0/s1. The fourth-order valence-corrected chi connectivity index (χ4v) is 3.33. The van der Waals surface area contributed by atoms with Crippen LogP contribution >= 0.6 is 11.8 Å². The first-order chi connectivity index (χ1) is 11.1. The van der Waals surface area contributed by atoms with Crippen molar-refractivity contribution in [3.05, 3.63) is 41.6 Å². The van der Waals surface area contributed by atoms with Gasteiger partial charge in [-0.05, 0) is 43.0 Å². The predicted molar refractivity (Wildman–Crippen MR) is 92.3 cm³/mol. The first-order valence-corrected chi connectivity index (χ1v) is 8.95. The van der Waals surface area contributed by atoms with Gasteiger partial charge in [-0.1, -0.05) is 18.2 Å². The van der Waals surface area contributed by atoms with Crippen LogP contribution in [-0.2, 0) is 11.3 Å². The maximum Gasteiger partial charge on any atom is 0.325 e. The lowest BCUT2D eigenvalue weighted by Gasteiger charge is -2.15. The number of hydrogen-bond acceptors (Lipinski definition) is 4. The van der Waals surface area contributed by atoms with Crippen molar-refractivity contribution in [3.8, 4) is 0 Å². The van der Waals surface area contributed by atoms with Crippen LogP contribution in [0.4, 0.5) is 4.79 Å². The molecule has 1 aliphatic rings. The van der Waals surface area contributed by atoms with Crippen molar-refractivity contribution in [2.24, 2.45) is 0 Å². The number of fused-ring (bicyclic) bond motifs is 1. The second-order valence-corrected chi connectivity index (χ2v) is 6.63. The molecular weight excluding hydrogens is 310 g/mol. The van der Waals surface area contributed by atoms with Crippen LogP contribution in [0.1, 0.15) is 17.7 Å². The van der Waals surface area contributed by atoms with Crippen molar-refractivity contribution >= 4 is 34.6 Å². The quantitative estimate of drug-likeness (QED) is 0.857. The topological polar surface area (TPSA) is 62.3 Å². The number of aromatic nitrogens is 1. The molecule has 1 fully saturated rings. The Kier molecular flexibility index (Phi) is 4.52. The first kappa shape index (κ1) is 15.8. The molecule has 2 heterocycles. The first-order valence-electron chi connectivity index (χ1n) is 7.56. The highest BCUT2D eigenvalue weighted by molar-refractivity contribution is 7.98. The van der Waals surface area contributed by atoms with Gasteiger partial charge in [0.25, 0.3) is 5.91 Å². The normalized spacial score (nSPS) is 17.8. The number of hydrogen-bond donors (Lipinski definition) is 1. The summed E-state index contributed by atoms with van der Waals surface area (Å²) in [7, 11) is 0. The largest absolute Gasteiger partial charge is 0.326 e. The molecule has 120 valence electrons. The van der Waals surface area contributed by atoms with Crippen LogP contribution in [0, 0.1) is 6.92 Å². The van der Waals surface area contributed by atoms with Crippen molar-refractivity contribution in [1.82, 2.24) is 15.2 Å². The number of carbonyl (C=O) groups is 2. The third kappa shape index (κ3) is 3.17. The smallest absolute Gasteiger partial charge is 0.325 e. The van der Waals surface area contributed by atoms with Gasteiger partial charge in [-0.25, -0.2) is 4.79 Å². The van der Waals surface area contributed by atoms with Gasteiger partial charge >= 0.3 is 6.03 Å². The van der Waals surface area contributed by atoms with Gasteiger partial charge in [-0.2, -0.15) is 11.8 Å². The number of pyridine rings is 1. The summed E-state index contributed by atoms with van der Waals surface area (Å²) in [6.07, 6.45) is 2.66. The lowest BCUT2D eigenvalue weighted by Crippen LogP contribution is -2.31. The van der Waals surface area contributed by atoms with E-state index < -0.39 is 6.04 Å². The van der Waals surface area contributed by atoms with Crippen LogP contribution in [0.15, 0.2) is 30.3 Å². The Balaban J connectivity index is 1.87. The molecule has 0 radical (unpaired) electrons. The number of aryl methyl sites for hydroxylation is 1. The SMILES string of the molecule is CSCC[C@@H]1NC(=O)N(Cc2cc(C)nc3ccccc23)C1=O. The number of urea groups is 1. The van der Waals surface area contributed by atoms with E-state index in [2.05, 4.69) is 10.3 Å². The van der Waals surface area contributed by atoms with Gasteiger partial charge in [0.15, 0.2) is 0 Å². The second kappa shape index (κ2) is 6.58. The van der Waals surface area contributed by atoms with E-state index in [0.717, 1.165) is 27.9 Å². The summed E-state index contributed by atoms with van der Waals surface area (Å²) in [5.41, 5.74) is 2.71. The maximum absolute atomic E-state index is 12.5. The molecule has 1 atom stereocenters. The minimum Gasteiger partial charge on any atom is -0.326 e. The van der Waals surface area contributed by atoms with Crippen LogP contribution in [0.3, 0.4) is 0 Å². The highest BCUT2D eigenvalue weighted by Crippen LogP contribution is 2.22. The van der Waals surface area contributed by atoms with Crippen LogP contribution in [0.25, 0.3) is 10.9 Å². The number of thioether (sulfide) groups is 1. The zero-order valence-electron chi connectivity index (χ0n) is 13.2. The number of rotatable bonds is 5. The second-order valence-electron chi connectivity index (χ2n) is 5.65. The lowest BCUT2D eigenvalue weighted by atomic mass is 10.1. The Morgan fingerprint density at radius 2 is 2.09 bits per heavy atom. The maximum atomic E-state index is 12.5. The molecule has 1 aromatic carbocycles. The molecule has 23 heavy (non-hydrogen) atoms. The summed E-state index contributed by atoms with van der Waals surface area (Å²) in [5.74, 6) is 0.713. The molecule has 1 saturated heterocycles. The monoisotopic (exact) mass is 329 g/mol. The van der Waals surface area contributed by atoms with E-state index in [1.54, 1.807) is 11.8 Å². The molecule has 1 aromatic heterocycles. The highest BCUT2D eigenvalue weighted by atomic mass is 32.2. The number of benzene rings is 1. The Morgan fingerprint density at radius 3 is 2.87 bits per heavy atom. The predicted octanol–water partition coefficient (Wildman–Crippen LogP) is 2.72. The Labute approximate surface area is 139 Å². The Hall–Kier alpha value is -2.08. The van der Waals surface area contributed by atoms with E-state index in [1.165, 1.54) is 4.90 Å². The molecule has 3 rings (SSSR count). The number of nitrogens with one attached hydrogen (secondary N) is 1. The zero-order valence-corrected chi connectivity index (χ0v) is 14.0. The van der Waals surface area contributed by atoms with E-state index in [4.69, 9.17) is 0 Å². The minimum atomic E-state index is -0.399. The number of para-hydroxylation sites is 1. The van der Waals surface area contributed by atoms with Gasteiger partial charge in [0.1, 0.15) is 6.04 Å². The van der Waals surface area contributed by atoms with E-state index in [1.807, 2.05) is 43.5 Å². The average molecular weight is 329 g/mol. The molecular formula is C17H19N3O2S. The fraction of sp³-hybridized carbons (Fsp3) is 0.353. The minimum absolute atomic E-state index is 0.136. The molecule has 0 saturated carbocycles. The highest BCUT2D eigenvalue weighted by Gasteiger charge is 2.37. The summed E-state index contributed by atoms with van der Waals surface area (Å²) >= 11 is 1.67. The van der Waals surface area contributed by atoms with E-state index in [9.17, 15) is 9.59 Å². The number of imide groups is 1. The molecule has 0 unspecified atom stereocenters. The lowest BCUT2D eigenvalue weighted by molar-refractivity contribution is -0.127. The fourth-order valence-electron chi connectivity index (χ4n) is 2.85. The number of amides is 3. The molecule has 5 nitrogen and oxygen atoms in total. The molecule has 0 bridgehead atoms. The van der Waals surface area contributed by atoms with E-state index >= 15 is 0 Å². The van der Waals surface area contributed by atoms with Crippen molar-refractivity contribution < 1.29 is 9.59 Å². The molecule has 0 spiro atoms. The van der Waals surface area contributed by atoms with E-state index in [-0.39, 0.29) is 18.5 Å². The number of carbonyl (C=O) groups excluding carboxylic acids is 2. The van der Waals surface area contributed by atoms with Crippen molar-refractivity contribution in [1.29, 1.82) is 0 Å². The van der Waals surface area contributed by atoms with Crippen LogP contribution in [-0.4, -0.2) is 39.9 Å². The molecule has 6 heteroatoms. The van der Waals surface area contributed by atoms with Crippen molar-refractivity contribution in [2.45, 2.75) is 25.9 Å². The molecule has 0 aliphatic carbocycles. The van der Waals surface area contributed by atoms with E-state index in [0.29, 0.717) is 6.42 Å².